The summed E-state index contributed by atoms with van der Waals surface area (Å²) in [5, 5.41) is 0.350. The fourth-order valence-electron chi connectivity index (χ4n) is 2.10. The molecule has 0 spiro atoms. The zero-order chi connectivity index (χ0) is 13.3. The van der Waals surface area contributed by atoms with E-state index in [1.54, 1.807) is 17.0 Å². The van der Waals surface area contributed by atoms with Crippen LogP contribution in [0.5, 0.6) is 0 Å². The SMILES string of the molecule is CN(C)C1CCN(C(=O)c2nc(N)ccc2Cl)C1. The molecule has 1 saturated heterocycles. The van der Waals surface area contributed by atoms with Crippen molar-refractivity contribution in [2.75, 3.05) is 32.9 Å². The summed E-state index contributed by atoms with van der Waals surface area (Å²) in [5.41, 5.74) is 5.84. The molecular formula is C12H17ClN4O. The van der Waals surface area contributed by atoms with Crippen LogP contribution in [0.25, 0.3) is 0 Å². The third-order valence-electron chi connectivity index (χ3n) is 3.25. The first-order valence-corrected chi connectivity index (χ1v) is 6.24. The van der Waals surface area contributed by atoms with Crippen molar-refractivity contribution in [3.8, 4) is 0 Å². The van der Waals surface area contributed by atoms with Gasteiger partial charge in [-0.05, 0) is 32.6 Å². The van der Waals surface area contributed by atoms with Gasteiger partial charge in [-0.2, -0.15) is 0 Å². The molecule has 1 amide bonds. The van der Waals surface area contributed by atoms with Gasteiger partial charge < -0.3 is 15.5 Å². The van der Waals surface area contributed by atoms with Crippen molar-refractivity contribution in [1.29, 1.82) is 0 Å². The van der Waals surface area contributed by atoms with Gasteiger partial charge in [0.25, 0.3) is 5.91 Å². The lowest BCUT2D eigenvalue weighted by Gasteiger charge is -2.20. The molecule has 2 heterocycles. The smallest absolute Gasteiger partial charge is 0.274 e. The molecule has 1 fully saturated rings. The second-order valence-corrected chi connectivity index (χ2v) is 5.13. The molecule has 1 aromatic rings. The number of nitrogens with zero attached hydrogens (tertiary/aromatic N) is 3. The zero-order valence-electron chi connectivity index (χ0n) is 10.6. The molecule has 98 valence electrons. The Bertz CT molecular complexity index is 463. The normalized spacial score (nSPS) is 19.6. The molecule has 1 aromatic heterocycles. The molecular weight excluding hydrogens is 252 g/mol. The molecule has 0 aliphatic carbocycles. The highest BCUT2D eigenvalue weighted by Crippen LogP contribution is 2.21. The maximum Gasteiger partial charge on any atom is 0.274 e. The minimum absolute atomic E-state index is 0.142. The van der Waals surface area contributed by atoms with Crippen LogP contribution in [0.1, 0.15) is 16.9 Å². The van der Waals surface area contributed by atoms with Crippen molar-refractivity contribution in [2.24, 2.45) is 0 Å². The van der Waals surface area contributed by atoms with Crippen LogP contribution in [0.4, 0.5) is 5.82 Å². The maximum absolute atomic E-state index is 12.3. The van der Waals surface area contributed by atoms with E-state index in [0.29, 0.717) is 23.4 Å². The fraction of sp³-hybridized carbons (Fsp3) is 0.500. The first-order chi connectivity index (χ1) is 8.49. The highest BCUT2D eigenvalue weighted by atomic mass is 35.5. The molecule has 1 aliphatic heterocycles. The Morgan fingerprint density at radius 2 is 2.28 bits per heavy atom. The van der Waals surface area contributed by atoms with Crippen LogP contribution in [-0.2, 0) is 0 Å². The summed E-state index contributed by atoms with van der Waals surface area (Å²) in [7, 11) is 4.04. The van der Waals surface area contributed by atoms with Gasteiger partial charge in [0.1, 0.15) is 11.5 Å². The lowest BCUT2D eigenvalue weighted by atomic mass is 10.2. The lowest BCUT2D eigenvalue weighted by molar-refractivity contribution is 0.0777. The van der Waals surface area contributed by atoms with Crippen molar-refractivity contribution in [3.05, 3.63) is 22.8 Å². The minimum Gasteiger partial charge on any atom is -0.384 e. The van der Waals surface area contributed by atoms with Gasteiger partial charge in [-0.3, -0.25) is 4.79 Å². The number of carbonyl (C=O) groups is 1. The standard InChI is InChI=1S/C12H17ClN4O/c1-16(2)8-5-6-17(7-8)12(18)11-9(13)3-4-10(14)15-11/h3-4,8H,5-7H2,1-2H3,(H2,14,15). The summed E-state index contributed by atoms with van der Waals surface area (Å²) in [6, 6.07) is 3.59. The van der Waals surface area contributed by atoms with E-state index in [4.69, 9.17) is 17.3 Å². The molecule has 2 rings (SSSR count). The third-order valence-corrected chi connectivity index (χ3v) is 3.56. The number of nitrogens with two attached hydrogens (primary N) is 1. The number of hydrogen-bond donors (Lipinski definition) is 1. The van der Waals surface area contributed by atoms with E-state index in [-0.39, 0.29) is 11.6 Å². The van der Waals surface area contributed by atoms with E-state index in [1.165, 1.54) is 0 Å². The van der Waals surface area contributed by atoms with E-state index in [1.807, 2.05) is 14.1 Å². The number of rotatable bonds is 2. The number of pyridine rings is 1. The molecule has 1 atom stereocenters. The number of carbonyl (C=O) groups excluding carboxylic acids is 1. The van der Waals surface area contributed by atoms with Gasteiger partial charge >= 0.3 is 0 Å². The van der Waals surface area contributed by atoms with Gasteiger partial charge in [-0.1, -0.05) is 11.6 Å². The Hall–Kier alpha value is -1.33. The first-order valence-electron chi connectivity index (χ1n) is 5.86. The molecule has 1 aliphatic rings. The molecule has 18 heavy (non-hydrogen) atoms. The monoisotopic (exact) mass is 268 g/mol. The minimum atomic E-state index is -0.142. The zero-order valence-corrected chi connectivity index (χ0v) is 11.3. The quantitative estimate of drug-likeness (QED) is 0.872. The molecule has 6 heteroatoms. The number of amides is 1. The van der Waals surface area contributed by atoms with Crippen LogP contribution in [0.15, 0.2) is 12.1 Å². The maximum atomic E-state index is 12.3. The van der Waals surface area contributed by atoms with Crippen LogP contribution in [0, 0.1) is 0 Å². The molecule has 0 radical (unpaired) electrons. The van der Waals surface area contributed by atoms with Crippen LogP contribution in [0.2, 0.25) is 5.02 Å². The Morgan fingerprint density at radius 1 is 1.56 bits per heavy atom. The second-order valence-electron chi connectivity index (χ2n) is 4.72. The van der Waals surface area contributed by atoms with E-state index >= 15 is 0 Å². The molecule has 2 N–H and O–H groups in total. The molecule has 5 nitrogen and oxygen atoms in total. The van der Waals surface area contributed by atoms with Crippen LogP contribution in [-0.4, -0.2) is 53.9 Å². The second kappa shape index (κ2) is 5.12. The van der Waals surface area contributed by atoms with Crippen molar-refractivity contribution < 1.29 is 4.79 Å². The Kier molecular flexibility index (Phi) is 3.73. The van der Waals surface area contributed by atoms with Gasteiger partial charge in [0.15, 0.2) is 0 Å². The van der Waals surface area contributed by atoms with Crippen molar-refractivity contribution in [2.45, 2.75) is 12.5 Å². The van der Waals surface area contributed by atoms with E-state index in [0.717, 1.165) is 13.0 Å². The number of hydrogen-bond acceptors (Lipinski definition) is 4. The topological polar surface area (TPSA) is 62.5 Å². The fourth-order valence-corrected chi connectivity index (χ4v) is 2.29. The summed E-state index contributed by atoms with van der Waals surface area (Å²) in [6.45, 7) is 1.44. The van der Waals surface area contributed by atoms with Crippen molar-refractivity contribution in [1.82, 2.24) is 14.8 Å². The van der Waals surface area contributed by atoms with Gasteiger partial charge in [0, 0.05) is 19.1 Å². The number of anilines is 1. The third kappa shape index (κ3) is 2.57. The predicted molar refractivity (Wildman–Crippen MR) is 71.7 cm³/mol. The van der Waals surface area contributed by atoms with Crippen molar-refractivity contribution in [3.63, 3.8) is 0 Å². The Balaban J connectivity index is 2.15. The summed E-state index contributed by atoms with van der Waals surface area (Å²) < 4.78 is 0. The number of likely N-dealkylation sites (tertiary alicyclic amines) is 1. The number of nitrogen functional groups attached to an aromatic ring is 1. The van der Waals surface area contributed by atoms with Crippen molar-refractivity contribution >= 4 is 23.3 Å². The van der Waals surface area contributed by atoms with E-state index in [2.05, 4.69) is 9.88 Å². The van der Waals surface area contributed by atoms with Crippen LogP contribution in [0.3, 0.4) is 0 Å². The number of aromatic nitrogens is 1. The summed E-state index contributed by atoms with van der Waals surface area (Å²) in [4.78, 5) is 20.2. The molecule has 0 aromatic carbocycles. The summed E-state index contributed by atoms with van der Waals surface area (Å²) >= 11 is 5.99. The predicted octanol–water partition coefficient (Wildman–Crippen LogP) is 1.09. The average Bonchev–Trinajstić information content (AvgIpc) is 2.81. The highest BCUT2D eigenvalue weighted by Gasteiger charge is 2.29. The van der Waals surface area contributed by atoms with Gasteiger partial charge in [-0.15, -0.1) is 0 Å². The van der Waals surface area contributed by atoms with E-state index in [9.17, 15) is 4.79 Å². The van der Waals surface area contributed by atoms with Gasteiger partial charge in [-0.25, -0.2) is 4.98 Å². The Morgan fingerprint density at radius 3 is 2.89 bits per heavy atom. The molecule has 0 bridgehead atoms. The first kappa shape index (κ1) is 13.1. The van der Waals surface area contributed by atoms with E-state index < -0.39 is 0 Å². The van der Waals surface area contributed by atoms with Gasteiger partial charge in [0.2, 0.25) is 0 Å². The van der Waals surface area contributed by atoms with Crippen LogP contribution >= 0.6 is 11.6 Å². The number of likely N-dealkylation sites (N-methyl/N-ethyl adjacent to an activating group) is 1. The highest BCUT2D eigenvalue weighted by molar-refractivity contribution is 6.33. The Labute approximate surface area is 112 Å². The summed E-state index contributed by atoms with van der Waals surface area (Å²) in [6.07, 6.45) is 0.971. The largest absolute Gasteiger partial charge is 0.384 e. The van der Waals surface area contributed by atoms with Crippen LogP contribution < -0.4 is 5.73 Å². The average molecular weight is 269 g/mol. The number of halogens is 1. The lowest BCUT2D eigenvalue weighted by Crippen LogP contribution is -2.35. The summed E-state index contributed by atoms with van der Waals surface area (Å²) in [5.74, 6) is 0.169. The van der Waals surface area contributed by atoms with Gasteiger partial charge in [0.05, 0.1) is 5.02 Å². The molecule has 0 saturated carbocycles. The molecule has 1 unspecified atom stereocenters.